The zero-order valence-electron chi connectivity index (χ0n) is 9.07. The van der Waals surface area contributed by atoms with Crippen molar-refractivity contribution in [3.63, 3.8) is 0 Å². The highest BCUT2D eigenvalue weighted by atomic mass is 32.1. The van der Waals surface area contributed by atoms with E-state index in [2.05, 4.69) is 9.59 Å². The van der Waals surface area contributed by atoms with E-state index in [0.29, 0.717) is 0 Å². The van der Waals surface area contributed by atoms with Crippen molar-refractivity contribution in [2.75, 3.05) is 0 Å². The lowest BCUT2D eigenvalue weighted by atomic mass is 10.0. The molecule has 1 aromatic heterocycles. The van der Waals surface area contributed by atoms with Crippen LogP contribution in [0, 0.1) is 19.7 Å². The summed E-state index contributed by atoms with van der Waals surface area (Å²) in [5, 5.41) is 3.90. The minimum absolute atomic E-state index is 0.263. The Hall–Kier alpha value is -1.33. The number of aromatic nitrogens is 2. The van der Waals surface area contributed by atoms with E-state index in [9.17, 15) is 4.39 Å². The quantitative estimate of drug-likeness (QED) is 0.872. The third-order valence-electron chi connectivity index (χ3n) is 2.39. The van der Waals surface area contributed by atoms with Crippen LogP contribution >= 0.6 is 11.5 Å². The van der Waals surface area contributed by atoms with Crippen LogP contribution < -0.4 is 5.73 Å². The lowest BCUT2D eigenvalue weighted by Gasteiger charge is -2.11. The van der Waals surface area contributed by atoms with Crippen LogP contribution in [0.15, 0.2) is 18.2 Å². The first kappa shape index (κ1) is 11.2. The van der Waals surface area contributed by atoms with Gasteiger partial charge in [0.1, 0.15) is 5.82 Å². The molecule has 5 heteroatoms. The van der Waals surface area contributed by atoms with Crippen LogP contribution in [-0.2, 0) is 0 Å². The highest BCUT2D eigenvalue weighted by Crippen LogP contribution is 2.25. The first-order valence-corrected chi connectivity index (χ1v) is 5.67. The highest BCUT2D eigenvalue weighted by molar-refractivity contribution is 7.05. The molecule has 0 aliphatic rings. The second kappa shape index (κ2) is 4.27. The smallest absolute Gasteiger partial charge is 0.123 e. The zero-order chi connectivity index (χ0) is 11.7. The molecule has 0 fully saturated rings. The van der Waals surface area contributed by atoms with Crippen molar-refractivity contribution in [2.45, 2.75) is 19.9 Å². The highest BCUT2D eigenvalue weighted by Gasteiger charge is 2.15. The topological polar surface area (TPSA) is 51.8 Å². The third-order valence-corrected chi connectivity index (χ3v) is 3.30. The molecule has 2 rings (SSSR count). The molecule has 16 heavy (non-hydrogen) atoms. The van der Waals surface area contributed by atoms with Crippen molar-refractivity contribution in [3.8, 4) is 0 Å². The summed E-state index contributed by atoms with van der Waals surface area (Å²) >= 11 is 1.26. The fraction of sp³-hybridized carbons (Fsp3) is 0.273. The Labute approximate surface area is 97.3 Å². The van der Waals surface area contributed by atoms with Crippen molar-refractivity contribution in [1.29, 1.82) is 0 Å². The molecule has 1 unspecified atom stereocenters. The second-order valence-corrected chi connectivity index (χ2v) is 4.55. The van der Waals surface area contributed by atoms with Crippen molar-refractivity contribution >= 4 is 11.5 Å². The van der Waals surface area contributed by atoms with E-state index >= 15 is 0 Å². The summed E-state index contributed by atoms with van der Waals surface area (Å²) < 4.78 is 17.1. The molecule has 0 aliphatic heterocycles. The number of hydrogen-bond acceptors (Lipinski definition) is 4. The number of halogens is 1. The van der Waals surface area contributed by atoms with E-state index in [1.54, 1.807) is 0 Å². The Bertz CT molecular complexity index is 489. The Morgan fingerprint density at radius 1 is 1.31 bits per heavy atom. The maximum Gasteiger partial charge on any atom is 0.123 e. The molecule has 0 bridgehead atoms. The molecule has 84 valence electrons. The molecule has 1 atom stereocenters. The van der Waals surface area contributed by atoms with Gasteiger partial charge in [-0.25, -0.2) is 4.39 Å². The maximum absolute atomic E-state index is 13.2. The van der Waals surface area contributed by atoms with Gasteiger partial charge in [0.2, 0.25) is 0 Å². The first-order valence-electron chi connectivity index (χ1n) is 4.89. The second-order valence-electron chi connectivity index (χ2n) is 3.76. The van der Waals surface area contributed by atoms with Crippen LogP contribution in [0.4, 0.5) is 4.39 Å². The largest absolute Gasteiger partial charge is 0.319 e. The summed E-state index contributed by atoms with van der Waals surface area (Å²) in [4.78, 5) is 0.880. The Morgan fingerprint density at radius 2 is 2.06 bits per heavy atom. The van der Waals surface area contributed by atoms with E-state index in [1.165, 1.54) is 23.7 Å². The van der Waals surface area contributed by atoms with Crippen molar-refractivity contribution in [2.24, 2.45) is 5.73 Å². The molecule has 0 saturated carbocycles. The molecule has 2 aromatic rings. The van der Waals surface area contributed by atoms with Crippen LogP contribution in [0.2, 0.25) is 0 Å². The predicted octanol–water partition coefficient (Wildman–Crippen LogP) is 2.34. The van der Waals surface area contributed by atoms with Gasteiger partial charge in [-0.3, -0.25) is 0 Å². The molecule has 3 nitrogen and oxygen atoms in total. The zero-order valence-corrected chi connectivity index (χ0v) is 9.88. The molecule has 1 aromatic carbocycles. The molecular formula is C11H12FN3S. The monoisotopic (exact) mass is 237 g/mol. The molecule has 0 radical (unpaired) electrons. The van der Waals surface area contributed by atoms with Crippen molar-refractivity contribution in [1.82, 2.24) is 9.59 Å². The number of rotatable bonds is 2. The summed E-state index contributed by atoms with van der Waals surface area (Å²) in [7, 11) is 0. The van der Waals surface area contributed by atoms with Crippen molar-refractivity contribution < 1.29 is 4.39 Å². The molecule has 0 spiro atoms. The average Bonchev–Trinajstić information content (AvgIpc) is 2.62. The molecule has 0 aliphatic carbocycles. The molecule has 2 N–H and O–H groups in total. The van der Waals surface area contributed by atoms with Gasteiger partial charge in [0.05, 0.1) is 16.6 Å². The van der Waals surface area contributed by atoms with Gasteiger partial charge < -0.3 is 5.73 Å². The Balaban J connectivity index is 2.41. The first-order chi connectivity index (χ1) is 7.58. The van der Waals surface area contributed by atoms with Crippen LogP contribution in [0.5, 0.6) is 0 Å². The third kappa shape index (κ3) is 2.10. The number of benzene rings is 1. The van der Waals surface area contributed by atoms with Gasteiger partial charge in [-0.15, -0.1) is 5.10 Å². The van der Waals surface area contributed by atoms with Gasteiger partial charge in [-0.05, 0) is 48.6 Å². The fourth-order valence-electron chi connectivity index (χ4n) is 1.62. The van der Waals surface area contributed by atoms with Gasteiger partial charge in [0.25, 0.3) is 0 Å². The van der Waals surface area contributed by atoms with E-state index in [0.717, 1.165) is 21.7 Å². The van der Waals surface area contributed by atoms with Gasteiger partial charge in [-0.2, -0.15) is 0 Å². The van der Waals surface area contributed by atoms with Crippen LogP contribution in [0.1, 0.15) is 27.7 Å². The average molecular weight is 237 g/mol. The minimum Gasteiger partial charge on any atom is -0.319 e. The predicted molar refractivity (Wildman–Crippen MR) is 61.8 cm³/mol. The molecule has 1 heterocycles. The SMILES string of the molecule is Cc1cc(F)cc(C(N)c2snnc2C)c1. The number of nitrogens with two attached hydrogens (primary N) is 1. The van der Waals surface area contributed by atoms with Crippen LogP contribution in [-0.4, -0.2) is 9.59 Å². The Morgan fingerprint density at radius 3 is 2.62 bits per heavy atom. The number of hydrogen-bond donors (Lipinski definition) is 1. The van der Waals surface area contributed by atoms with Crippen molar-refractivity contribution in [3.05, 3.63) is 45.7 Å². The standard InChI is InChI=1S/C11H12FN3S/c1-6-3-8(5-9(12)4-6)10(13)11-7(2)14-15-16-11/h3-5,10H,13H2,1-2H3. The summed E-state index contributed by atoms with van der Waals surface area (Å²) in [5.74, 6) is -0.263. The van der Waals surface area contributed by atoms with E-state index in [-0.39, 0.29) is 11.9 Å². The normalized spacial score (nSPS) is 12.8. The molecule has 0 amide bonds. The fourth-order valence-corrected chi connectivity index (χ4v) is 2.29. The van der Waals surface area contributed by atoms with Gasteiger partial charge in [0, 0.05) is 0 Å². The summed E-state index contributed by atoms with van der Waals surface area (Å²) in [6, 6.07) is 4.46. The molecular weight excluding hydrogens is 225 g/mol. The van der Waals surface area contributed by atoms with Gasteiger partial charge in [-0.1, -0.05) is 10.6 Å². The van der Waals surface area contributed by atoms with Gasteiger partial charge >= 0.3 is 0 Å². The summed E-state index contributed by atoms with van der Waals surface area (Å²) in [5.41, 5.74) is 8.49. The van der Waals surface area contributed by atoms with E-state index in [1.807, 2.05) is 19.9 Å². The molecule has 0 saturated heterocycles. The summed E-state index contributed by atoms with van der Waals surface area (Å²) in [6.07, 6.45) is 0. The minimum atomic E-state index is -0.352. The van der Waals surface area contributed by atoms with E-state index in [4.69, 9.17) is 5.73 Å². The lowest BCUT2D eigenvalue weighted by molar-refractivity contribution is 0.622. The lowest BCUT2D eigenvalue weighted by Crippen LogP contribution is -2.12. The van der Waals surface area contributed by atoms with Crippen LogP contribution in [0.3, 0.4) is 0 Å². The van der Waals surface area contributed by atoms with E-state index < -0.39 is 0 Å². The number of nitrogens with zero attached hydrogens (tertiary/aromatic N) is 2. The van der Waals surface area contributed by atoms with Gasteiger partial charge in [0.15, 0.2) is 0 Å². The summed E-state index contributed by atoms with van der Waals surface area (Å²) in [6.45, 7) is 3.70. The Kier molecular flexibility index (Phi) is 2.98. The number of aryl methyl sites for hydroxylation is 2. The maximum atomic E-state index is 13.2. The van der Waals surface area contributed by atoms with Crippen LogP contribution in [0.25, 0.3) is 0 Å².